The molecule has 0 saturated heterocycles. The van der Waals surface area contributed by atoms with Crippen LogP contribution in [0.3, 0.4) is 0 Å². The van der Waals surface area contributed by atoms with Crippen LogP contribution in [0.25, 0.3) is 10.9 Å². The van der Waals surface area contributed by atoms with Crippen LogP contribution in [0.2, 0.25) is 0 Å². The molecule has 0 radical (unpaired) electrons. The summed E-state index contributed by atoms with van der Waals surface area (Å²) < 4.78 is 1.44. The summed E-state index contributed by atoms with van der Waals surface area (Å²) >= 11 is 4.89. The van der Waals surface area contributed by atoms with Crippen molar-refractivity contribution >= 4 is 23.1 Å². The van der Waals surface area contributed by atoms with Crippen LogP contribution in [-0.4, -0.2) is 9.94 Å². The Bertz CT molecular complexity index is 480. The number of para-hydroxylation sites is 1. The minimum atomic E-state index is 0. The Morgan fingerprint density at radius 1 is 1.08 bits per heavy atom. The number of fused-ring (bicyclic) bond motifs is 1. The van der Waals surface area contributed by atoms with Crippen LogP contribution < -0.4 is 0 Å². The molecule has 0 aliphatic rings. The summed E-state index contributed by atoms with van der Waals surface area (Å²) in [5, 5.41) is 10.5. The zero-order valence-electron chi connectivity index (χ0n) is 6.97. The molecule has 60 valence electrons. The molecule has 2 nitrogen and oxygen atoms in total. The largest absolute Gasteiger partial charge is 2.00 e. The molecule has 0 saturated carbocycles. The number of hydrogen-bond donors (Lipinski definition) is 1. The molecule has 1 aromatic carbocycles. The third-order valence-corrected chi connectivity index (χ3v) is 2.09. The minimum Gasteiger partial charge on any atom is -0.427 e. The number of aromatic nitrogens is 1. The zero-order chi connectivity index (χ0) is 8.55. The van der Waals surface area contributed by atoms with Crippen molar-refractivity contribution in [1.82, 2.24) is 4.73 Å². The molecule has 0 fully saturated rings. The Hall–Kier alpha value is -0.727. The van der Waals surface area contributed by atoms with Gasteiger partial charge in [0.05, 0.1) is 5.52 Å². The summed E-state index contributed by atoms with van der Waals surface area (Å²) in [7, 11) is 0. The third kappa shape index (κ3) is 1.79. The summed E-state index contributed by atoms with van der Waals surface area (Å²) in [6, 6.07) is 11.1. The third-order valence-electron chi connectivity index (χ3n) is 1.78. The van der Waals surface area contributed by atoms with Gasteiger partial charge in [-0.3, -0.25) is 0 Å². The van der Waals surface area contributed by atoms with Crippen LogP contribution >= 0.6 is 12.2 Å². The topological polar surface area (TPSA) is 25.2 Å². The second kappa shape index (κ2) is 3.99. The molecule has 0 bridgehead atoms. The summed E-state index contributed by atoms with van der Waals surface area (Å²) in [4.78, 5) is 0. The molecule has 0 atom stereocenters. The van der Waals surface area contributed by atoms with E-state index in [-0.39, 0.29) is 19.5 Å². The number of benzene rings is 1. The molecule has 4 heteroatoms. The molecule has 13 heavy (non-hydrogen) atoms. The summed E-state index contributed by atoms with van der Waals surface area (Å²) in [6.07, 6.45) is 0. The van der Waals surface area contributed by atoms with Crippen LogP contribution in [0, 0.1) is 4.64 Å². The Kier molecular flexibility index (Phi) is 3.18. The predicted molar refractivity (Wildman–Crippen MR) is 50.0 cm³/mol. The SMILES string of the molecule is On1c(=S)ccc2ccccc21.[Zn+2]. The van der Waals surface area contributed by atoms with Gasteiger partial charge < -0.3 is 5.21 Å². The molecule has 1 aromatic heterocycles. The van der Waals surface area contributed by atoms with Gasteiger partial charge in [-0.05, 0) is 18.2 Å². The summed E-state index contributed by atoms with van der Waals surface area (Å²) in [6.45, 7) is 0. The summed E-state index contributed by atoms with van der Waals surface area (Å²) in [5.74, 6) is 0. The quantitative estimate of drug-likeness (QED) is 0.436. The van der Waals surface area contributed by atoms with Gasteiger partial charge in [0.25, 0.3) is 0 Å². The zero-order valence-corrected chi connectivity index (χ0v) is 10.8. The maximum Gasteiger partial charge on any atom is 2.00 e. The number of hydrogen-bond acceptors (Lipinski definition) is 2. The molecule has 1 heterocycles. The maximum atomic E-state index is 9.47. The monoisotopic (exact) mass is 241 g/mol. The van der Waals surface area contributed by atoms with Crippen molar-refractivity contribution < 1.29 is 24.7 Å². The van der Waals surface area contributed by atoms with E-state index in [1.54, 1.807) is 6.07 Å². The molecule has 0 spiro atoms. The van der Waals surface area contributed by atoms with Crippen LogP contribution in [0.1, 0.15) is 0 Å². The number of pyridine rings is 1. The van der Waals surface area contributed by atoms with E-state index >= 15 is 0 Å². The fourth-order valence-electron chi connectivity index (χ4n) is 1.17. The second-order valence-corrected chi connectivity index (χ2v) is 2.96. The predicted octanol–water partition coefficient (Wildman–Crippen LogP) is 2.61. The van der Waals surface area contributed by atoms with Gasteiger partial charge in [-0.2, -0.15) is 4.73 Å². The first-order valence-corrected chi connectivity index (χ1v) is 4.00. The van der Waals surface area contributed by atoms with Crippen molar-refractivity contribution in [1.29, 1.82) is 0 Å². The van der Waals surface area contributed by atoms with E-state index in [1.165, 1.54) is 0 Å². The van der Waals surface area contributed by atoms with E-state index in [1.807, 2.05) is 30.3 Å². The van der Waals surface area contributed by atoms with Crippen molar-refractivity contribution in [2.24, 2.45) is 0 Å². The molecule has 0 unspecified atom stereocenters. The Balaban J connectivity index is 0.000000845. The van der Waals surface area contributed by atoms with Crippen LogP contribution in [0.15, 0.2) is 36.4 Å². The van der Waals surface area contributed by atoms with Crippen LogP contribution in [0.5, 0.6) is 0 Å². The van der Waals surface area contributed by atoms with Gasteiger partial charge >= 0.3 is 19.5 Å². The summed E-state index contributed by atoms with van der Waals surface area (Å²) in [5.41, 5.74) is 0.741. The molecular formula is C9H7NOSZn+2. The van der Waals surface area contributed by atoms with Crippen molar-refractivity contribution in [2.75, 3.05) is 0 Å². The van der Waals surface area contributed by atoms with Gasteiger partial charge in [-0.15, -0.1) is 0 Å². The first kappa shape index (κ1) is 10.4. The molecule has 2 rings (SSSR count). The molecule has 2 aromatic rings. The van der Waals surface area contributed by atoms with Gasteiger partial charge in [0.2, 0.25) is 0 Å². The average molecular weight is 243 g/mol. The van der Waals surface area contributed by atoms with E-state index in [0.717, 1.165) is 15.6 Å². The van der Waals surface area contributed by atoms with E-state index < -0.39 is 0 Å². The van der Waals surface area contributed by atoms with Gasteiger partial charge in [0.15, 0.2) is 0 Å². The van der Waals surface area contributed by atoms with Crippen molar-refractivity contribution in [3.05, 3.63) is 41.0 Å². The first-order valence-electron chi connectivity index (χ1n) is 3.59. The average Bonchev–Trinajstić information content (AvgIpc) is 2.12. The fraction of sp³-hybridized carbons (Fsp3) is 0. The van der Waals surface area contributed by atoms with Gasteiger partial charge in [-0.1, -0.05) is 30.4 Å². The normalized spacial score (nSPS) is 9.54. The van der Waals surface area contributed by atoms with Gasteiger partial charge in [0.1, 0.15) is 4.64 Å². The molecule has 0 amide bonds. The van der Waals surface area contributed by atoms with E-state index in [9.17, 15) is 5.21 Å². The fourth-order valence-corrected chi connectivity index (χ4v) is 1.34. The number of rotatable bonds is 0. The van der Waals surface area contributed by atoms with Gasteiger partial charge in [-0.25, -0.2) is 0 Å². The molecule has 0 aliphatic heterocycles. The second-order valence-electron chi connectivity index (χ2n) is 2.54. The van der Waals surface area contributed by atoms with E-state index in [4.69, 9.17) is 12.2 Å². The van der Waals surface area contributed by atoms with Gasteiger partial charge in [0, 0.05) is 5.39 Å². The Morgan fingerprint density at radius 3 is 2.54 bits per heavy atom. The molecule has 1 N–H and O–H groups in total. The van der Waals surface area contributed by atoms with Crippen LogP contribution in [-0.2, 0) is 19.5 Å². The Morgan fingerprint density at radius 2 is 1.77 bits per heavy atom. The van der Waals surface area contributed by atoms with Crippen LogP contribution in [0.4, 0.5) is 0 Å². The van der Waals surface area contributed by atoms with Crippen molar-refractivity contribution in [3.8, 4) is 0 Å². The smallest absolute Gasteiger partial charge is 0.427 e. The maximum absolute atomic E-state index is 9.47. The standard InChI is InChI=1S/C9H7NOS.Zn/c11-10-8-4-2-1-3-7(8)5-6-9(10)12;/h1-6,11H;/q;+2. The first-order chi connectivity index (χ1) is 5.79. The molecular weight excluding hydrogens is 236 g/mol. The minimum absolute atomic E-state index is 0. The Labute approximate surface area is 93.5 Å². The van der Waals surface area contributed by atoms with Crippen molar-refractivity contribution in [2.45, 2.75) is 0 Å². The van der Waals surface area contributed by atoms with Crippen molar-refractivity contribution in [3.63, 3.8) is 0 Å². The van der Waals surface area contributed by atoms with E-state index in [2.05, 4.69) is 0 Å². The van der Waals surface area contributed by atoms with E-state index in [0.29, 0.717) is 4.64 Å². The molecule has 0 aliphatic carbocycles. The number of nitrogens with zero attached hydrogens (tertiary/aromatic N) is 1.